The predicted molar refractivity (Wildman–Crippen MR) is 163 cm³/mol. The standard InChI is InChI=1S/C32H34N6O2S/c1-32(2,3)37-16-14-36(15-17-37)27-12-11-24(20-34-27)23-9-10-25-21-38(30(40)26(25)19-23)28(22-7-5-4-6-8-22)29(39)35-31-33-13-18-41-31/h4-13,18-20,28H,14-17,21H2,1-3H3,(H,33,35,39). The zero-order chi connectivity index (χ0) is 28.6. The molecule has 0 spiro atoms. The van der Waals surface area contributed by atoms with E-state index in [4.69, 9.17) is 4.98 Å². The monoisotopic (exact) mass is 566 g/mol. The number of anilines is 2. The number of amides is 2. The lowest BCUT2D eigenvalue weighted by Crippen LogP contribution is -2.53. The number of benzene rings is 2. The average Bonchev–Trinajstić information content (AvgIpc) is 3.61. The lowest BCUT2D eigenvalue weighted by atomic mass is 10.0. The van der Waals surface area contributed by atoms with Crippen molar-refractivity contribution in [1.82, 2.24) is 19.8 Å². The van der Waals surface area contributed by atoms with Crippen molar-refractivity contribution in [2.45, 2.75) is 38.9 Å². The van der Waals surface area contributed by atoms with Gasteiger partial charge >= 0.3 is 0 Å². The molecule has 1 fully saturated rings. The Bertz CT molecular complexity index is 1520. The summed E-state index contributed by atoms with van der Waals surface area (Å²) in [6.45, 7) is 11.1. The van der Waals surface area contributed by atoms with E-state index in [0.29, 0.717) is 17.2 Å². The van der Waals surface area contributed by atoms with E-state index in [1.54, 1.807) is 16.5 Å². The first kappa shape index (κ1) is 27.1. The third kappa shape index (κ3) is 5.60. The number of nitrogens with one attached hydrogen (secondary N) is 1. The Labute approximate surface area is 244 Å². The Balaban J connectivity index is 1.20. The van der Waals surface area contributed by atoms with Gasteiger partial charge in [-0.25, -0.2) is 9.97 Å². The first-order valence-electron chi connectivity index (χ1n) is 13.9. The van der Waals surface area contributed by atoms with E-state index in [1.807, 2.05) is 54.7 Å². The van der Waals surface area contributed by atoms with Gasteiger partial charge < -0.3 is 9.80 Å². The number of thiazole rings is 1. The molecule has 1 unspecified atom stereocenters. The molecule has 1 N–H and O–H groups in total. The molecule has 0 saturated carbocycles. The van der Waals surface area contributed by atoms with Gasteiger partial charge in [0.05, 0.1) is 0 Å². The lowest BCUT2D eigenvalue weighted by Gasteiger charge is -2.42. The highest BCUT2D eigenvalue weighted by molar-refractivity contribution is 7.13. The van der Waals surface area contributed by atoms with Crippen LogP contribution in [0.25, 0.3) is 11.1 Å². The van der Waals surface area contributed by atoms with Crippen LogP contribution in [0.4, 0.5) is 10.9 Å². The number of carbonyl (C=O) groups excluding carboxylic acids is 2. The van der Waals surface area contributed by atoms with Crippen LogP contribution >= 0.6 is 11.3 Å². The van der Waals surface area contributed by atoms with Crippen LogP contribution in [0.1, 0.15) is 48.3 Å². The van der Waals surface area contributed by atoms with Crippen molar-refractivity contribution in [3.8, 4) is 11.1 Å². The highest BCUT2D eigenvalue weighted by Crippen LogP contribution is 2.35. The molecular formula is C32H34N6O2S. The van der Waals surface area contributed by atoms with E-state index in [1.165, 1.54) is 11.3 Å². The van der Waals surface area contributed by atoms with Crippen molar-refractivity contribution in [1.29, 1.82) is 0 Å². The second-order valence-corrected chi connectivity index (χ2v) is 12.4. The molecule has 1 saturated heterocycles. The number of fused-ring (bicyclic) bond motifs is 1. The maximum absolute atomic E-state index is 13.8. The Hall–Kier alpha value is -4.08. The Kier molecular flexibility index (Phi) is 7.32. The number of carbonyl (C=O) groups is 2. The Morgan fingerprint density at radius 1 is 0.951 bits per heavy atom. The van der Waals surface area contributed by atoms with Gasteiger partial charge in [-0.2, -0.15) is 0 Å². The second-order valence-electron chi connectivity index (χ2n) is 11.5. The number of aromatic nitrogens is 2. The molecule has 1 atom stereocenters. The normalized spacial score (nSPS) is 16.5. The zero-order valence-corrected chi connectivity index (χ0v) is 24.4. The minimum absolute atomic E-state index is 0.161. The second kappa shape index (κ2) is 11.1. The van der Waals surface area contributed by atoms with E-state index < -0.39 is 6.04 Å². The van der Waals surface area contributed by atoms with E-state index in [9.17, 15) is 9.59 Å². The summed E-state index contributed by atoms with van der Waals surface area (Å²) >= 11 is 1.35. The fourth-order valence-electron chi connectivity index (χ4n) is 5.63. The van der Waals surface area contributed by atoms with E-state index in [2.05, 4.69) is 53.0 Å². The Morgan fingerprint density at radius 2 is 1.71 bits per heavy atom. The molecule has 41 heavy (non-hydrogen) atoms. The van der Waals surface area contributed by atoms with Gasteiger partial charge in [0, 0.05) is 67.2 Å². The van der Waals surface area contributed by atoms with Crippen molar-refractivity contribution in [2.24, 2.45) is 0 Å². The molecular weight excluding hydrogens is 532 g/mol. The van der Waals surface area contributed by atoms with Crippen LogP contribution < -0.4 is 10.2 Å². The average molecular weight is 567 g/mol. The number of hydrogen-bond acceptors (Lipinski definition) is 7. The maximum Gasteiger partial charge on any atom is 0.255 e. The Morgan fingerprint density at radius 3 is 2.37 bits per heavy atom. The van der Waals surface area contributed by atoms with Gasteiger partial charge in [-0.1, -0.05) is 42.5 Å². The van der Waals surface area contributed by atoms with Gasteiger partial charge in [-0.15, -0.1) is 11.3 Å². The molecule has 6 rings (SSSR count). The molecule has 2 aromatic heterocycles. The predicted octanol–water partition coefficient (Wildman–Crippen LogP) is 5.46. The molecule has 0 bridgehead atoms. The van der Waals surface area contributed by atoms with Crippen LogP contribution in [0.5, 0.6) is 0 Å². The van der Waals surface area contributed by atoms with Crippen LogP contribution in [0.15, 0.2) is 78.4 Å². The van der Waals surface area contributed by atoms with Gasteiger partial charge in [0.25, 0.3) is 11.8 Å². The number of piperazine rings is 1. The van der Waals surface area contributed by atoms with Gasteiger partial charge in [0.1, 0.15) is 11.9 Å². The lowest BCUT2D eigenvalue weighted by molar-refractivity contribution is -0.120. The molecule has 2 amide bonds. The molecule has 210 valence electrons. The zero-order valence-electron chi connectivity index (χ0n) is 23.6. The number of rotatable bonds is 6. The fourth-order valence-corrected chi connectivity index (χ4v) is 6.16. The number of nitrogens with zero attached hydrogens (tertiary/aromatic N) is 5. The van der Waals surface area contributed by atoms with E-state index in [-0.39, 0.29) is 17.4 Å². The third-order valence-electron chi connectivity index (χ3n) is 7.91. The molecule has 0 aliphatic carbocycles. The molecule has 0 radical (unpaired) electrons. The first-order valence-corrected chi connectivity index (χ1v) is 14.8. The number of hydrogen-bond donors (Lipinski definition) is 1. The van der Waals surface area contributed by atoms with Crippen LogP contribution in [0.2, 0.25) is 0 Å². The highest BCUT2D eigenvalue weighted by atomic mass is 32.1. The van der Waals surface area contributed by atoms with Crippen molar-refractivity contribution in [3.63, 3.8) is 0 Å². The summed E-state index contributed by atoms with van der Waals surface area (Å²) in [4.78, 5) is 42.7. The van der Waals surface area contributed by atoms with E-state index in [0.717, 1.165) is 54.3 Å². The summed E-state index contributed by atoms with van der Waals surface area (Å²) in [5.74, 6) is 0.532. The van der Waals surface area contributed by atoms with Gasteiger partial charge in [-0.3, -0.25) is 19.8 Å². The summed E-state index contributed by atoms with van der Waals surface area (Å²) in [5.41, 5.74) is 4.34. The summed E-state index contributed by atoms with van der Waals surface area (Å²) in [6.07, 6.45) is 3.53. The molecule has 4 heterocycles. The maximum atomic E-state index is 13.8. The topological polar surface area (TPSA) is 81.7 Å². The van der Waals surface area contributed by atoms with Gasteiger partial charge in [0.15, 0.2) is 5.13 Å². The van der Waals surface area contributed by atoms with Gasteiger partial charge in [0.2, 0.25) is 0 Å². The minimum atomic E-state index is -0.775. The van der Waals surface area contributed by atoms with Crippen LogP contribution in [-0.2, 0) is 11.3 Å². The minimum Gasteiger partial charge on any atom is -0.354 e. The molecule has 2 aliphatic heterocycles. The number of pyridine rings is 1. The SMILES string of the molecule is CC(C)(C)N1CCN(c2ccc(-c3ccc4c(c3)C(=O)N(C(C(=O)Nc3nccs3)c3ccccc3)C4)cn2)CC1. The largest absolute Gasteiger partial charge is 0.354 e. The summed E-state index contributed by atoms with van der Waals surface area (Å²) in [5, 5.41) is 5.20. The summed E-state index contributed by atoms with van der Waals surface area (Å²) in [7, 11) is 0. The molecule has 2 aliphatic rings. The fraction of sp³-hybridized carbons (Fsp3) is 0.312. The van der Waals surface area contributed by atoms with Crippen molar-refractivity contribution in [2.75, 3.05) is 36.4 Å². The van der Waals surface area contributed by atoms with Crippen LogP contribution in [0.3, 0.4) is 0 Å². The molecule has 4 aromatic rings. The highest BCUT2D eigenvalue weighted by Gasteiger charge is 2.38. The van der Waals surface area contributed by atoms with Crippen LogP contribution in [0, 0.1) is 0 Å². The van der Waals surface area contributed by atoms with Gasteiger partial charge in [-0.05, 0) is 55.7 Å². The quantitative estimate of drug-likeness (QED) is 0.334. The van der Waals surface area contributed by atoms with E-state index >= 15 is 0 Å². The smallest absolute Gasteiger partial charge is 0.255 e. The van der Waals surface area contributed by atoms with Crippen molar-refractivity contribution >= 4 is 34.1 Å². The summed E-state index contributed by atoms with van der Waals surface area (Å²) in [6, 6.07) is 18.7. The molecule has 2 aromatic carbocycles. The van der Waals surface area contributed by atoms with Crippen molar-refractivity contribution < 1.29 is 9.59 Å². The van der Waals surface area contributed by atoms with Crippen molar-refractivity contribution in [3.05, 3.63) is 95.1 Å². The first-order chi connectivity index (χ1) is 19.8. The summed E-state index contributed by atoms with van der Waals surface area (Å²) < 4.78 is 0. The van der Waals surface area contributed by atoms with Crippen LogP contribution in [-0.4, -0.2) is 63.3 Å². The molecule has 8 nitrogen and oxygen atoms in total. The molecule has 9 heteroatoms. The third-order valence-corrected chi connectivity index (χ3v) is 8.60.